The molecule has 1 atom stereocenters. The Bertz CT molecular complexity index is 1270. The fraction of sp³-hybridized carbons (Fsp3) is 0.182. The van der Waals surface area contributed by atoms with Crippen molar-refractivity contribution in [3.8, 4) is 11.1 Å². The number of nitrogens with zero attached hydrogens (tertiary/aromatic N) is 3. The summed E-state index contributed by atoms with van der Waals surface area (Å²) < 4.78 is 6.58. The van der Waals surface area contributed by atoms with E-state index in [1.165, 1.54) is 0 Å². The number of nitrogens with one attached hydrogen (secondary N) is 1. The zero-order chi connectivity index (χ0) is 20.5. The van der Waals surface area contributed by atoms with Gasteiger partial charge in [0.1, 0.15) is 6.26 Å². The summed E-state index contributed by atoms with van der Waals surface area (Å²) >= 11 is 0. The van der Waals surface area contributed by atoms with Crippen molar-refractivity contribution >= 4 is 16.8 Å². The Morgan fingerprint density at radius 2 is 2.03 bits per heavy atom. The lowest BCUT2D eigenvalue weighted by molar-refractivity contribution is 0.0963. The summed E-state index contributed by atoms with van der Waals surface area (Å²) in [5.74, 6) is -0.167. The fourth-order valence-electron chi connectivity index (χ4n) is 3.39. The molecule has 0 radical (unpaired) electrons. The summed E-state index contributed by atoms with van der Waals surface area (Å²) in [7, 11) is 1.59. The van der Waals surface area contributed by atoms with E-state index in [0.717, 1.165) is 22.4 Å². The van der Waals surface area contributed by atoms with Gasteiger partial charge in [0.25, 0.3) is 11.5 Å². The van der Waals surface area contributed by atoms with Crippen molar-refractivity contribution in [3.05, 3.63) is 82.2 Å². The molecule has 2 heterocycles. The van der Waals surface area contributed by atoms with Gasteiger partial charge in [0.15, 0.2) is 0 Å². The summed E-state index contributed by atoms with van der Waals surface area (Å²) in [6.07, 6.45) is 3.13. The molecule has 2 aromatic heterocycles. The Balaban J connectivity index is 1.75. The van der Waals surface area contributed by atoms with Gasteiger partial charge in [-0.25, -0.2) is 4.98 Å². The van der Waals surface area contributed by atoms with Gasteiger partial charge in [-0.2, -0.15) is 0 Å². The molecule has 0 saturated heterocycles. The Hall–Kier alpha value is -3.74. The van der Waals surface area contributed by atoms with E-state index in [0.29, 0.717) is 16.5 Å². The molecule has 0 fully saturated rings. The van der Waals surface area contributed by atoms with Crippen molar-refractivity contribution in [2.24, 2.45) is 0 Å². The van der Waals surface area contributed by atoms with Crippen LogP contribution < -0.4 is 10.9 Å². The van der Waals surface area contributed by atoms with E-state index in [4.69, 9.17) is 4.52 Å². The first-order valence-corrected chi connectivity index (χ1v) is 9.24. The third-order valence-corrected chi connectivity index (χ3v) is 5.12. The van der Waals surface area contributed by atoms with Crippen molar-refractivity contribution in [1.82, 2.24) is 20.0 Å². The maximum absolute atomic E-state index is 13.1. The number of carbonyl (C=O) groups is 1. The first-order valence-electron chi connectivity index (χ1n) is 9.24. The van der Waals surface area contributed by atoms with Crippen LogP contribution in [0.15, 0.2) is 64.4 Å². The SMILES string of the molecule is CNC(=O)c1cccc([C@@H](C)n2cnc3cc(-c4conc4C)ccc3c2=O)c1. The average Bonchev–Trinajstić information content (AvgIpc) is 3.18. The Kier molecular flexibility index (Phi) is 4.72. The van der Waals surface area contributed by atoms with Gasteiger partial charge in [-0.1, -0.05) is 23.4 Å². The van der Waals surface area contributed by atoms with Crippen molar-refractivity contribution in [2.45, 2.75) is 19.9 Å². The lowest BCUT2D eigenvalue weighted by Crippen LogP contribution is -2.25. The monoisotopic (exact) mass is 388 g/mol. The second-order valence-electron chi connectivity index (χ2n) is 6.88. The second kappa shape index (κ2) is 7.35. The van der Waals surface area contributed by atoms with Crippen LogP contribution in [0.2, 0.25) is 0 Å². The maximum atomic E-state index is 13.1. The predicted octanol–water partition coefficient (Wildman–Crippen LogP) is 3.33. The summed E-state index contributed by atoms with van der Waals surface area (Å²) in [5, 5.41) is 7.04. The Morgan fingerprint density at radius 1 is 1.21 bits per heavy atom. The number of rotatable bonds is 4. The zero-order valence-corrected chi connectivity index (χ0v) is 16.3. The molecule has 7 nitrogen and oxygen atoms in total. The number of hydrogen-bond acceptors (Lipinski definition) is 5. The highest BCUT2D eigenvalue weighted by molar-refractivity contribution is 5.94. The van der Waals surface area contributed by atoms with Crippen molar-refractivity contribution in [3.63, 3.8) is 0 Å². The van der Waals surface area contributed by atoms with Crippen LogP contribution in [0.3, 0.4) is 0 Å². The van der Waals surface area contributed by atoms with E-state index in [2.05, 4.69) is 15.5 Å². The number of benzene rings is 2. The molecule has 4 rings (SSSR count). The minimum Gasteiger partial charge on any atom is -0.364 e. The lowest BCUT2D eigenvalue weighted by Gasteiger charge is -2.16. The van der Waals surface area contributed by atoms with Crippen LogP contribution in [0, 0.1) is 6.92 Å². The first kappa shape index (κ1) is 18.6. The zero-order valence-electron chi connectivity index (χ0n) is 16.3. The highest BCUT2D eigenvalue weighted by atomic mass is 16.5. The molecule has 0 aliphatic rings. The summed E-state index contributed by atoms with van der Waals surface area (Å²) in [6, 6.07) is 12.5. The lowest BCUT2D eigenvalue weighted by atomic mass is 10.0. The molecule has 2 aromatic carbocycles. The van der Waals surface area contributed by atoms with Gasteiger partial charge in [0, 0.05) is 18.2 Å². The minimum absolute atomic E-state index is 0.138. The van der Waals surface area contributed by atoms with Crippen molar-refractivity contribution in [1.29, 1.82) is 0 Å². The van der Waals surface area contributed by atoms with Crippen LogP contribution in [0.1, 0.15) is 34.6 Å². The molecule has 0 saturated carbocycles. The molecule has 0 aliphatic heterocycles. The molecule has 0 unspecified atom stereocenters. The molecule has 0 bridgehead atoms. The van der Waals surface area contributed by atoms with E-state index in [1.54, 1.807) is 42.4 Å². The van der Waals surface area contributed by atoms with Gasteiger partial charge in [-0.15, -0.1) is 0 Å². The molecule has 4 aromatic rings. The van der Waals surface area contributed by atoms with E-state index in [1.807, 2.05) is 38.1 Å². The molecule has 1 amide bonds. The largest absolute Gasteiger partial charge is 0.364 e. The molecular weight excluding hydrogens is 368 g/mol. The van der Waals surface area contributed by atoms with Crippen LogP contribution in [-0.2, 0) is 0 Å². The number of amides is 1. The highest BCUT2D eigenvalue weighted by Gasteiger charge is 2.15. The third kappa shape index (κ3) is 3.31. The number of aryl methyl sites for hydroxylation is 1. The van der Waals surface area contributed by atoms with Crippen LogP contribution in [-0.4, -0.2) is 27.7 Å². The van der Waals surface area contributed by atoms with Crippen molar-refractivity contribution < 1.29 is 9.32 Å². The normalized spacial score (nSPS) is 12.1. The fourth-order valence-corrected chi connectivity index (χ4v) is 3.39. The summed E-state index contributed by atoms with van der Waals surface area (Å²) in [6.45, 7) is 3.77. The molecule has 1 N–H and O–H groups in total. The standard InChI is InChI=1S/C22H20N4O3/c1-13-19(11-29-25-13)16-7-8-18-20(10-16)24-12-26(22(18)28)14(2)15-5-4-6-17(9-15)21(27)23-3/h4-12,14H,1-3H3,(H,23,27)/t14-/m1/s1. The molecular formula is C22H20N4O3. The van der Waals surface area contributed by atoms with Gasteiger partial charge >= 0.3 is 0 Å². The second-order valence-corrected chi connectivity index (χ2v) is 6.88. The highest BCUT2D eigenvalue weighted by Crippen LogP contribution is 2.25. The van der Waals surface area contributed by atoms with Crippen molar-refractivity contribution in [2.75, 3.05) is 7.05 Å². The molecule has 0 spiro atoms. The smallest absolute Gasteiger partial charge is 0.261 e. The molecule has 7 heteroatoms. The van der Waals surface area contributed by atoms with Crippen LogP contribution >= 0.6 is 0 Å². The summed E-state index contributed by atoms with van der Waals surface area (Å²) in [5.41, 5.74) is 4.42. The van der Waals surface area contributed by atoms with Gasteiger partial charge in [0.2, 0.25) is 0 Å². The maximum Gasteiger partial charge on any atom is 0.261 e. The van der Waals surface area contributed by atoms with Crippen LogP contribution in [0.25, 0.3) is 22.0 Å². The van der Waals surface area contributed by atoms with Gasteiger partial charge in [-0.05, 0) is 49.2 Å². The number of fused-ring (bicyclic) bond motifs is 1. The third-order valence-electron chi connectivity index (χ3n) is 5.12. The van der Waals surface area contributed by atoms with E-state index in [9.17, 15) is 9.59 Å². The van der Waals surface area contributed by atoms with E-state index in [-0.39, 0.29) is 17.5 Å². The Morgan fingerprint density at radius 3 is 2.76 bits per heavy atom. The molecule has 146 valence electrons. The first-order chi connectivity index (χ1) is 14.0. The number of hydrogen-bond donors (Lipinski definition) is 1. The quantitative estimate of drug-likeness (QED) is 0.579. The predicted molar refractivity (Wildman–Crippen MR) is 110 cm³/mol. The van der Waals surface area contributed by atoms with E-state index >= 15 is 0 Å². The molecule has 0 aliphatic carbocycles. The van der Waals surface area contributed by atoms with Gasteiger partial charge < -0.3 is 9.84 Å². The van der Waals surface area contributed by atoms with Crippen LogP contribution in [0.4, 0.5) is 0 Å². The number of aromatic nitrogens is 3. The van der Waals surface area contributed by atoms with Gasteiger partial charge in [-0.3, -0.25) is 14.2 Å². The van der Waals surface area contributed by atoms with Gasteiger partial charge in [0.05, 0.1) is 29.0 Å². The number of carbonyl (C=O) groups excluding carboxylic acids is 1. The van der Waals surface area contributed by atoms with E-state index < -0.39 is 0 Å². The topological polar surface area (TPSA) is 90.0 Å². The summed E-state index contributed by atoms with van der Waals surface area (Å²) in [4.78, 5) is 29.5. The average molecular weight is 388 g/mol. The minimum atomic E-state index is -0.274. The Labute approximate surface area is 167 Å². The van der Waals surface area contributed by atoms with Crippen LogP contribution in [0.5, 0.6) is 0 Å². The molecule has 29 heavy (non-hydrogen) atoms.